The Morgan fingerprint density at radius 3 is 2.04 bits per heavy atom. The van der Waals surface area contributed by atoms with Gasteiger partial charge in [-0.2, -0.15) is 0 Å². The van der Waals surface area contributed by atoms with Gasteiger partial charge < -0.3 is 29.0 Å². The van der Waals surface area contributed by atoms with E-state index in [0.717, 1.165) is 50.5 Å². The van der Waals surface area contributed by atoms with Crippen LogP contribution in [-0.2, 0) is 33.3 Å². The van der Waals surface area contributed by atoms with Crippen LogP contribution in [-0.4, -0.2) is 62.5 Å². The summed E-state index contributed by atoms with van der Waals surface area (Å²) in [5.74, 6) is -1.29. The van der Waals surface area contributed by atoms with E-state index in [1.54, 1.807) is 7.11 Å². The Kier molecular flexibility index (Phi) is 23.3. The van der Waals surface area contributed by atoms with E-state index in [0.29, 0.717) is 19.3 Å². The summed E-state index contributed by atoms with van der Waals surface area (Å²) in [7, 11) is 1.57. The maximum absolute atomic E-state index is 13.1. The van der Waals surface area contributed by atoms with Crippen LogP contribution in [0, 0.1) is 0 Å². The molecule has 0 radical (unpaired) electrons. The molecule has 1 amide bonds. The third-order valence-electron chi connectivity index (χ3n) is 8.22. The highest BCUT2D eigenvalue weighted by atomic mass is 16.8. The summed E-state index contributed by atoms with van der Waals surface area (Å²) in [6.07, 6.45) is 20.1. The standard InChI is InChI=1S/C37H67NO7/c1-8-10-11-12-13-14-15-16-17-18-19-20-21-22-24-35(39)43-33(23-9-2)36(40)38-28-31(42-29-41-7)27-34-32(26-25-30(3)4)44-37(5,6)45-34/h8,31-34H,1,3,9-29H2,2,4-7H3,(H,38,40)/t31-,32+,33-,34-/m0/s1. The van der Waals surface area contributed by atoms with Crippen molar-refractivity contribution in [2.45, 2.75) is 180 Å². The predicted octanol–water partition coefficient (Wildman–Crippen LogP) is 8.72. The van der Waals surface area contributed by atoms with Gasteiger partial charge in [-0.15, -0.1) is 13.2 Å². The molecule has 1 saturated heterocycles. The average molecular weight is 638 g/mol. The number of rotatable bonds is 29. The average Bonchev–Trinajstić information content (AvgIpc) is 3.29. The molecule has 0 spiro atoms. The summed E-state index contributed by atoms with van der Waals surface area (Å²) in [5.41, 5.74) is 1.10. The highest BCUT2D eigenvalue weighted by Crippen LogP contribution is 2.33. The van der Waals surface area contributed by atoms with E-state index < -0.39 is 11.9 Å². The van der Waals surface area contributed by atoms with Crippen LogP contribution in [0.2, 0.25) is 0 Å². The molecule has 8 heteroatoms. The smallest absolute Gasteiger partial charge is 0.306 e. The fourth-order valence-electron chi connectivity index (χ4n) is 5.75. The number of unbranched alkanes of at least 4 members (excludes halogenated alkanes) is 12. The van der Waals surface area contributed by atoms with Gasteiger partial charge in [-0.05, 0) is 59.3 Å². The van der Waals surface area contributed by atoms with Crippen LogP contribution < -0.4 is 5.32 Å². The summed E-state index contributed by atoms with van der Waals surface area (Å²) < 4.78 is 29.0. The lowest BCUT2D eigenvalue weighted by Crippen LogP contribution is -2.43. The molecule has 1 rings (SSSR count). The van der Waals surface area contributed by atoms with Gasteiger partial charge in [-0.1, -0.05) is 89.2 Å². The van der Waals surface area contributed by atoms with E-state index in [-0.39, 0.29) is 43.5 Å². The minimum Gasteiger partial charge on any atom is -0.452 e. The largest absolute Gasteiger partial charge is 0.452 e. The Morgan fingerprint density at radius 2 is 1.49 bits per heavy atom. The van der Waals surface area contributed by atoms with E-state index in [1.165, 1.54) is 57.8 Å². The van der Waals surface area contributed by atoms with Gasteiger partial charge in [0.25, 0.3) is 5.91 Å². The predicted molar refractivity (Wildman–Crippen MR) is 182 cm³/mol. The summed E-state index contributed by atoms with van der Waals surface area (Å²) in [5, 5.41) is 2.95. The van der Waals surface area contributed by atoms with Gasteiger partial charge in [-0.3, -0.25) is 9.59 Å². The molecular formula is C37H67NO7. The molecule has 262 valence electrons. The van der Waals surface area contributed by atoms with Crippen LogP contribution in [0.1, 0.15) is 150 Å². The van der Waals surface area contributed by atoms with Crippen LogP contribution in [0.3, 0.4) is 0 Å². The molecule has 1 heterocycles. The first-order valence-electron chi connectivity index (χ1n) is 17.8. The first-order chi connectivity index (χ1) is 21.6. The summed E-state index contributed by atoms with van der Waals surface area (Å²) in [6.45, 7) is 15.9. The zero-order chi connectivity index (χ0) is 33.3. The van der Waals surface area contributed by atoms with Crippen molar-refractivity contribution in [1.82, 2.24) is 5.32 Å². The number of methoxy groups -OCH3 is 1. The van der Waals surface area contributed by atoms with Crippen LogP contribution in [0.4, 0.5) is 0 Å². The van der Waals surface area contributed by atoms with E-state index in [2.05, 4.69) is 18.5 Å². The van der Waals surface area contributed by atoms with Gasteiger partial charge in [0.15, 0.2) is 11.9 Å². The van der Waals surface area contributed by atoms with Crippen LogP contribution >= 0.6 is 0 Å². The Hall–Kier alpha value is -1.74. The minimum absolute atomic E-state index is 0.0951. The van der Waals surface area contributed by atoms with Crippen molar-refractivity contribution in [2.24, 2.45) is 0 Å². The molecule has 0 aromatic rings. The van der Waals surface area contributed by atoms with Gasteiger partial charge in [0, 0.05) is 26.5 Å². The van der Waals surface area contributed by atoms with Gasteiger partial charge in [0.2, 0.25) is 0 Å². The van der Waals surface area contributed by atoms with E-state index in [9.17, 15) is 9.59 Å². The summed E-state index contributed by atoms with van der Waals surface area (Å²) in [6, 6.07) is 0. The zero-order valence-electron chi connectivity index (χ0n) is 29.5. The number of amides is 1. The zero-order valence-corrected chi connectivity index (χ0v) is 29.5. The third-order valence-corrected chi connectivity index (χ3v) is 8.22. The number of hydrogen-bond acceptors (Lipinski definition) is 7. The van der Waals surface area contributed by atoms with Gasteiger partial charge in [0.1, 0.15) is 6.79 Å². The van der Waals surface area contributed by atoms with Crippen molar-refractivity contribution in [3.63, 3.8) is 0 Å². The van der Waals surface area contributed by atoms with E-state index >= 15 is 0 Å². The highest BCUT2D eigenvalue weighted by molar-refractivity contribution is 5.83. The first kappa shape index (κ1) is 41.3. The van der Waals surface area contributed by atoms with Gasteiger partial charge in [-0.25, -0.2) is 0 Å². The number of hydrogen-bond donors (Lipinski definition) is 1. The van der Waals surface area contributed by atoms with Crippen molar-refractivity contribution in [1.29, 1.82) is 0 Å². The van der Waals surface area contributed by atoms with Crippen LogP contribution in [0.5, 0.6) is 0 Å². The molecule has 45 heavy (non-hydrogen) atoms. The topological polar surface area (TPSA) is 92.3 Å². The van der Waals surface area contributed by atoms with Gasteiger partial charge >= 0.3 is 5.97 Å². The monoisotopic (exact) mass is 637 g/mol. The highest BCUT2D eigenvalue weighted by Gasteiger charge is 2.42. The molecule has 8 nitrogen and oxygen atoms in total. The molecule has 0 bridgehead atoms. The fraction of sp³-hybridized carbons (Fsp3) is 0.838. The lowest BCUT2D eigenvalue weighted by molar-refractivity contribution is -0.157. The van der Waals surface area contributed by atoms with E-state index in [1.807, 2.05) is 33.8 Å². The fourth-order valence-corrected chi connectivity index (χ4v) is 5.75. The maximum Gasteiger partial charge on any atom is 0.306 e. The van der Waals surface area contributed by atoms with Crippen molar-refractivity contribution < 1.29 is 33.3 Å². The molecule has 1 aliphatic rings. The normalized spacial score (nSPS) is 18.8. The van der Waals surface area contributed by atoms with Gasteiger partial charge in [0.05, 0.1) is 18.3 Å². The molecule has 0 unspecified atom stereocenters. The van der Waals surface area contributed by atoms with Crippen molar-refractivity contribution >= 4 is 11.9 Å². The Labute approximate surface area is 275 Å². The third kappa shape index (κ3) is 20.9. The molecule has 1 N–H and O–H groups in total. The van der Waals surface area contributed by atoms with Crippen LogP contribution in [0.15, 0.2) is 24.8 Å². The van der Waals surface area contributed by atoms with Crippen molar-refractivity contribution in [3.05, 3.63) is 24.8 Å². The molecular weight excluding hydrogens is 570 g/mol. The molecule has 0 saturated carbocycles. The first-order valence-corrected chi connectivity index (χ1v) is 17.8. The Balaban J connectivity index is 2.38. The number of ether oxygens (including phenoxy) is 5. The van der Waals surface area contributed by atoms with Crippen molar-refractivity contribution in [2.75, 3.05) is 20.4 Å². The second-order valence-electron chi connectivity index (χ2n) is 13.2. The summed E-state index contributed by atoms with van der Waals surface area (Å²) >= 11 is 0. The molecule has 4 atom stereocenters. The molecule has 0 aliphatic carbocycles. The van der Waals surface area contributed by atoms with Crippen LogP contribution in [0.25, 0.3) is 0 Å². The number of esters is 1. The Bertz CT molecular complexity index is 815. The second-order valence-corrected chi connectivity index (χ2v) is 13.2. The lowest BCUT2D eigenvalue weighted by Gasteiger charge is -2.25. The van der Waals surface area contributed by atoms with Crippen molar-refractivity contribution in [3.8, 4) is 0 Å². The molecule has 1 aliphatic heterocycles. The Morgan fingerprint density at radius 1 is 0.911 bits per heavy atom. The SMILES string of the molecule is C=CCCCCCCCCCCCCCCC(=O)O[C@@H](CCC)C(=O)NC[C@H](C[C@@H]1OC(C)(C)O[C@@H]1CCC(=C)C)OCOC. The number of allylic oxidation sites excluding steroid dienone is 2. The number of nitrogens with one attached hydrogen (secondary N) is 1. The maximum atomic E-state index is 13.1. The molecule has 0 aromatic carbocycles. The number of carbonyl (C=O) groups is 2. The molecule has 1 fully saturated rings. The summed E-state index contributed by atoms with van der Waals surface area (Å²) in [4.78, 5) is 25.7. The second kappa shape index (κ2) is 25.4. The quantitative estimate of drug-likeness (QED) is 0.0379. The molecule has 0 aromatic heterocycles. The van der Waals surface area contributed by atoms with E-state index in [4.69, 9.17) is 23.7 Å². The minimum atomic E-state index is -0.805. The number of carbonyl (C=O) groups excluding carboxylic acids is 2. The lowest BCUT2D eigenvalue weighted by atomic mass is 10.0.